The molecule has 0 bridgehead atoms. The molecule has 0 aliphatic heterocycles. The molecule has 0 saturated carbocycles. The smallest absolute Gasteiger partial charge is 0.257 e. The lowest BCUT2D eigenvalue weighted by Crippen LogP contribution is -3.00. The maximum Gasteiger partial charge on any atom is 0.257 e. The van der Waals surface area contributed by atoms with Crippen molar-refractivity contribution in [3.05, 3.63) is 192 Å². The van der Waals surface area contributed by atoms with E-state index in [0.717, 1.165) is 44.1 Å². The van der Waals surface area contributed by atoms with Gasteiger partial charge in [0.15, 0.2) is 0 Å². The van der Waals surface area contributed by atoms with Crippen molar-refractivity contribution in [2.24, 2.45) is 0 Å². The Labute approximate surface area is 513 Å². The molecular weight excluding hydrogens is 1430 g/mol. The van der Waals surface area contributed by atoms with Crippen LogP contribution < -0.4 is 95.9 Å². The van der Waals surface area contributed by atoms with Crippen LogP contribution >= 0.6 is 45.3 Å². The molecule has 2 N–H and O–H groups in total. The van der Waals surface area contributed by atoms with Crippen molar-refractivity contribution in [1.29, 1.82) is 0 Å². The molecular formula is C60H58I4N4OS4. The van der Waals surface area contributed by atoms with E-state index in [4.69, 9.17) is 19.9 Å². The molecule has 376 valence electrons. The lowest BCUT2D eigenvalue weighted by molar-refractivity contribution is -0.00100. The molecule has 0 spiro atoms. The van der Waals surface area contributed by atoms with Crippen LogP contribution in [0.3, 0.4) is 0 Å². The van der Waals surface area contributed by atoms with Crippen molar-refractivity contribution in [3.8, 4) is 0 Å². The number of rotatable bonds is 4. The van der Waals surface area contributed by atoms with E-state index < -0.39 is 0 Å². The predicted molar refractivity (Wildman–Crippen MR) is 306 cm³/mol. The van der Waals surface area contributed by atoms with E-state index in [1.165, 1.54) is 59.9 Å². The summed E-state index contributed by atoms with van der Waals surface area (Å²) in [7, 11) is 0. The van der Waals surface area contributed by atoms with Crippen LogP contribution in [0.25, 0.3) is 81.7 Å². The minimum Gasteiger partial charge on any atom is -1.00 e. The molecule has 12 aromatic rings. The highest BCUT2D eigenvalue weighted by molar-refractivity contribution is 7.25. The minimum atomic E-state index is 0. The zero-order chi connectivity index (χ0) is 47.3. The number of hydrogen-bond donors (Lipinski definition) is 0. The van der Waals surface area contributed by atoms with Crippen molar-refractivity contribution < 1.29 is 101 Å². The summed E-state index contributed by atoms with van der Waals surface area (Å²) in [6.07, 6.45) is 0. The zero-order valence-corrected chi connectivity index (χ0v) is 53.8. The second-order valence-corrected chi connectivity index (χ2v) is 22.5. The quantitative estimate of drug-likeness (QED) is 0.113. The van der Waals surface area contributed by atoms with Gasteiger partial charge >= 0.3 is 0 Å². The minimum absolute atomic E-state index is 0. The third-order valence-corrected chi connectivity index (χ3v) is 16.3. The first kappa shape index (κ1) is 62.3. The summed E-state index contributed by atoms with van der Waals surface area (Å²) in [4.78, 5) is 19.2. The molecule has 0 amide bonds. The second-order valence-electron chi connectivity index (χ2n) is 18.1. The maximum atomic E-state index is 4.81. The number of fused-ring (bicyclic) bond motifs is 8. The van der Waals surface area contributed by atoms with Gasteiger partial charge in [0.05, 0.1) is 0 Å². The fourth-order valence-corrected chi connectivity index (χ4v) is 12.4. The normalized spacial score (nSPS) is 10.7. The van der Waals surface area contributed by atoms with Crippen LogP contribution in [0.15, 0.2) is 170 Å². The maximum absolute atomic E-state index is 4.81. The fraction of sp³-hybridized carbons (Fsp3) is 0.200. The topological polar surface area (TPSA) is 83.1 Å². The van der Waals surface area contributed by atoms with Crippen LogP contribution in [0.5, 0.6) is 0 Å². The fourth-order valence-electron chi connectivity index (χ4n) is 8.33. The molecule has 0 aliphatic rings. The first-order valence-electron chi connectivity index (χ1n) is 23.5. The highest BCUT2D eigenvalue weighted by Crippen LogP contribution is 2.34. The van der Waals surface area contributed by atoms with Crippen LogP contribution in [0.2, 0.25) is 0 Å². The van der Waals surface area contributed by atoms with Gasteiger partial charge in [-0.25, -0.2) is 19.9 Å². The average molecular weight is 1490 g/mol. The van der Waals surface area contributed by atoms with Gasteiger partial charge in [-0.05, 0) is 70.2 Å². The summed E-state index contributed by atoms with van der Waals surface area (Å²) in [6, 6.07) is 59.2. The van der Waals surface area contributed by atoms with Crippen molar-refractivity contribution in [1.82, 2.24) is 19.9 Å². The lowest BCUT2D eigenvalue weighted by atomic mass is 10.0. The van der Waals surface area contributed by atoms with Gasteiger partial charge in [0, 0.05) is 48.5 Å². The Morgan fingerprint density at radius 3 is 0.616 bits per heavy atom. The van der Waals surface area contributed by atoms with Crippen LogP contribution in [-0.4, -0.2) is 25.4 Å². The van der Waals surface area contributed by atoms with Crippen molar-refractivity contribution in [3.63, 3.8) is 0 Å². The Kier molecular flexibility index (Phi) is 24.5. The van der Waals surface area contributed by atoms with E-state index in [0.29, 0.717) is 23.7 Å². The molecule has 13 heteroatoms. The van der Waals surface area contributed by atoms with Gasteiger partial charge in [0.2, 0.25) is 45.3 Å². The molecule has 4 heterocycles. The van der Waals surface area contributed by atoms with E-state index in [2.05, 4.69) is 201 Å². The Balaban J connectivity index is 0.000000206. The van der Waals surface area contributed by atoms with E-state index in [-0.39, 0.29) is 101 Å². The zero-order valence-electron chi connectivity index (χ0n) is 41.9. The lowest BCUT2D eigenvalue weighted by Gasteiger charge is -2.05. The summed E-state index contributed by atoms with van der Waals surface area (Å²) in [5.74, 6) is 2.05. The van der Waals surface area contributed by atoms with E-state index in [1.807, 2.05) is 69.6 Å². The monoisotopic (exact) mass is 1490 g/mol. The van der Waals surface area contributed by atoms with Gasteiger partial charge in [-0.2, -0.15) is 0 Å². The second kappa shape index (κ2) is 28.7. The first-order chi connectivity index (χ1) is 33.0. The summed E-state index contributed by atoms with van der Waals surface area (Å²) in [6.45, 7) is 17.7. The summed E-state index contributed by atoms with van der Waals surface area (Å²) in [5.41, 5.74) is 14.4. The molecule has 73 heavy (non-hydrogen) atoms. The Morgan fingerprint density at radius 1 is 0.247 bits per heavy atom. The molecule has 5 nitrogen and oxygen atoms in total. The summed E-state index contributed by atoms with van der Waals surface area (Å²) < 4.78 is 10.1. The number of benzene rings is 8. The van der Waals surface area contributed by atoms with Crippen molar-refractivity contribution in [2.75, 3.05) is 0 Å². The largest absolute Gasteiger partial charge is 1.00 e. The molecule has 0 unspecified atom stereocenters. The number of aromatic nitrogens is 4. The molecule has 0 aliphatic carbocycles. The predicted octanol–water partition coefficient (Wildman–Crippen LogP) is 6.61. The van der Waals surface area contributed by atoms with Crippen LogP contribution in [0, 0.1) is 0 Å². The average Bonchev–Trinajstić information content (AvgIpc) is 3.35. The highest BCUT2D eigenvalue weighted by atomic mass is 127. The third-order valence-electron chi connectivity index (χ3n) is 11.9. The van der Waals surface area contributed by atoms with Gasteiger partial charge in [0.1, 0.15) is 44.1 Å². The molecule has 12 rings (SSSR count). The Bertz CT molecular complexity index is 3280. The number of hydrogen-bond acceptors (Lipinski definition) is 4. The molecule has 0 saturated heterocycles. The summed E-state index contributed by atoms with van der Waals surface area (Å²) in [5, 5.41) is 0. The van der Waals surface area contributed by atoms with Gasteiger partial charge in [-0.1, -0.05) is 152 Å². The third kappa shape index (κ3) is 14.6. The SMILES string of the molecule is CC(C)c1cccc2[s+]c3ccccc3nc12.CC(C)c1cccc2[s+]c3ccccc3nc12.CC(C)c1cccc2[s+]c3ccccc3nc12.CC(C)c1cccc2[s+]c3ccccc3nc12.O.[I-].[I-].[I-].[I-]. The van der Waals surface area contributed by atoms with Gasteiger partial charge in [-0.15, -0.1) is 0 Å². The highest BCUT2D eigenvalue weighted by Gasteiger charge is 2.20. The van der Waals surface area contributed by atoms with Crippen LogP contribution in [-0.2, 0) is 0 Å². The Hall–Kier alpha value is -3.28. The first-order valence-corrected chi connectivity index (χ1v) is 26.7. The van der Waals surface area contributed by atoms with Gasteiger partial charge in [0.25, 0.3) is 37.6 Å². The summed E-state index contributed by atoms with van der Waals surface area (Å²) >= 11 is 7.28. The van der Waals surface area contributed by atoms with E-state index in [1.54, 1.807) is 0 Å². The number of halogens is 4. The molecule has 0 radical (unpaired) electrons. The van der Waals surface area contributed by atoms with Gasteiger partial charge in [-0.3, -0.25) is 0 Å². The number of para-hydroxylation sites is 8. The molecule has 0 atom stereocenters. The molecule has 0 fully saturated rings. The molecule has 8 aromatic carbocycles. The van der Waals surface area contributed by atoms with Gasteiger partial charge < -0.3 is 101 Å². The van der Waals surface area contributed by atoms with E-state index in [9.17, 15) is 0 Å². The Morgan fingerprint density at radius 2 is 0.425 bits per heavy atom. The van der Waals surface area contributed by atoms with Crippen LogP contribution in [0.4, 0.5) is 0 Å². The van der Waals surface area contributed by atoms with Crippen LogP contribution in [0.1, 0.15) is 101 Å². The van der Waals surface area contributed by atoms with E-state index >= 15 is 0 Å². The van der Waals surface area contributed by atoms with Crippen molar-refractivity contribution >= 4 is 127 Å². The molecule has 4 aromatic heterocycles. The van der Waals surface area contributed by atoms with Crippen molar-refractivity contribution in [2.45, 2.75) is 79.1 Å². The standard InChI is InChI=1S/4C15H14NS.4HI.H2O/c4*1-10(2)11-6-5-9-14-15(11)16-12-7-3-4-8-13(12)17-14;;;;;/h4*3-10H,1-2H3;4*1H;1H2/q4*+1;;;;;/p-4. The number of nitrogens with zero attached hydrogens (tertiary/aromatic N) is 4.